The van der Waals surface area contributed by atoms with Crippen LogP contribution in [0.25, 0.3) is 0 Å². The van der Waals surface area contributed by atoms with Crippen LogP contribution >= 0.6 is 11.8 Å². The Morgan fingerprint density at radius 2 is 1.55 bits per heavy atom. The molecule has 7 heteroatoms. The third-order valence-corrected chi connectivity index (χ3v) is 7.60. The van der Waals surface area contributed by atoms with E-state index in [1.807, 2.05) is 11.8 Å². The summed E-state index contributed by atoms with van der Waals surface area (Å²) in [6.45, 7) is 4.75. The number of piperazine rings is 1. The van der Waals surface area contributed by atoms with Crippen LogP contribution in [-0.2, 0) is 16.0 Å². The number of carboxylic acid groups (broad SMARTS) is 2. The van der Waals surface area contributed by atoms with E-state index in [0.29, 0.717) is 18.2 Å². The molecule has 2 aromatic rings. The summed E-state index contributed by atoms with van der Waals surface area (Å²) in [6, 6.07) is 16.6. The third-order valence-electron chi connectivity index (χ3n) is 6.40. The standard InChI is InChI=1S/C22H26N2S.C4H4O4/c1-23-11-13-24(14-12-23)19-15-17-5-2-3-7-20(17)25-21-8-4-6-18(22(19)21)16-9-10-16;5-3(6)1-2-4(7)8/h2-8,16,19H,9-15H2,1H3;1-2H,(H,5,6)(H,7,8). The molecule has 1 atom stereocenters. The van der Waals surface area contributed by atoms with E-state index in [9.17, 15) is 9.59 Å². The summed E-state index contributed by atoms with van der Waals surface area (Å²) in [6.07, 6.45) is 5.03. The van der Waals surface area contributed by atoms with Gasteiger partial charge in [0, 0.05) is 54.2 Å². The summed E-state index contributed by atoms with van der Waals surface area (Å²) in [5.41, 5.74) is 4.81. The highest BCUT2D eigenvalue weighted by Crippen LogP contribution is 2.50. The molecule has 1 unspecified atom stereocenters. The van der Waals surface area contributed by atoms with Gasteiger partial charge in [-0.05, 0) is 61.1 Å². The van der Waals surface area contributed by atoms with Crippen LogP contribution in [0.2, 0.25) is 0 Å². The van der Waals surface area contributed by atoms with Gasteiger partial charge < -0.3 is 15.1 Å². The average Bonchev–Trinajstić information content (AvgIpc) is 3.64. The summed E-state index contributed by atoms with van der Waals surface area (Å²) in [5.74, 6) is -1.70. The summed E-state index contributed by atoms with van der Waals surface area (Å²) >= 11 is 1.99. The Hall–Kier alpha value is -2.61. The molecule has 1 aliphatic carbocycles. The predicted octanol–water partition coefficient (Wildman–Crippen LogP) is 4.27. The van der Waals surface area contributed by atoms with Gasteiger partial charge in [-0.1, -0.05) is 42.1 Å². The maximum absolute atomic E-state index is 9.55. The number of fused-ring (bicyclic) bond motifs is 2. The molecule has 6 nitrogen and oxygen atoms in total. The first-order valence-electron chi connectivity index (χ1n) is 11.4. The largest absolute Gasteiger partial charge is 0.478 e. The highest BCUT2D eigenvalue weighted by atomic mass is 32.2. The Bertz CT molecular complexity index is 1030. The van der Waals surface area contributed by atoms with Crippen molar-refractivity contribution in [3.8, 4) is 0 Å². The van der Waals surface area contributed by atoms with Gasteiger partial charge in [-0.2, -0.15) is 0 Å². The fraction of sp³-hybridized carbons (Fsp3) is 0.385. The fourth-order valence-corrected chi connectivity index (χ4v) is 5.72. The molecule has 3 aliphatic rings. The molecule has 2 N–H and O–H groups in total. The number of rotatable bonds is 4. The lowest BCUT2D eigenvalue weighted by atomic mass is 9.91. The quantitative estimate of drug-likeness (QED) is 0.651. The molecule has 2 aliphatic heterocycles. The molecule has 0 radical (unpaired) electrons. The monoisotopic (exact) mass is 466 g/mol. The molecule has 2 fully saturated rings. The van der Waals surface area contributed by atoms with Gasteiger partial charge in [-0.15, -0.1) is 0 Å². The van der Waals surface area contributed by atoms with E-state index in [1.54, 1.807) is 11.1 Å². The first-order chi connectivity index (χ1) is 15.9. The van der Waals surface area contributed by atoms with Crippen molar-refractivity contribution in [3.63, 3.8) is 0 Å². The molecular formula is C26H30N2O4S. The third kappa shape index (κ3) is 6.05. The smallest absolute Gasteiger partial charge is 0.328 e. The molecule has 0 spiro atoms. The maximum Gasteiger partial charge on any atom is 0.328 e. The SMILES string of the molecule is CN1CCN(C2Cc3ccccc3Sc3cccc(C4CC4)c32)CC1.O=C(O)C=CC(=O)O. The Balaban J connectivity index is 0.000000281. The van der Waals surface area contributed by atoms with Crippen LogP contribution in [0, 0.1) is 0 Å². The van der Waals surface area contributed by atoms with Crippen molar-refractivity contribution in [2.75, 3.05) is 33.2 Å². The summed E-state index contributed by atoms with van der Waals surface area (Å²) in [7, 11) is 2.25. The van der Waals surface area contributed by atoms with Gasteiger partial charge in [0.15, 0.2) is 0 Å². The van der Waals surface area contributed by atoms with Crippen LogP contribution in [0.4, 0.5) is 0 Å². The van der Waals surface area contributed by atoms with Crippen LogP contribution in [0.1, 0.15) is 41.5 Å². The highest BCUT2D eigenvalue weighted by molar-refractivity contribution is 7.99. The molecule has 0 amide bonds. The minimum Gasteiger partial charge on any atom is -0.478 e. The zero-order chi connectivity index (χ0) is 23.4. The molecule has 1 saturated heterocycles. The number of nitrogens with zero attached hydrogens (tertiary/aromatic N) is 2. The Morgan fingerprint density at radius 1 is 0.909 bits per heavy atom. The maximum atomic E-state index is 9.55. The number of carbonyl (C=O) groups is 2. The summed E-state index contributed by atoms with van der Waals surface area (Å²) in [5, 5.41) is 15.6. The Morgan fingerprint density at radius 3 is 2.18 bits per heavy atom. The lowest BCUT2D eigenvalue weighted by molar-refractivity contribution is -0.134. The number of aliphatic carboxylic acids is 2. The molecule has 1 saturated carbocycles. The van der Waals surface area contributed by atoms with Crippen LogP contribution in [0.5, 0.6) is 0 Å². The van der Waals surface area contributed by atoms with E-state index in [-0.39, 0.29) is 0 Å². The zero-order valence-electron chi connectivity index (χ0n) is 18.8. The minimum atomic E-state index is -1.26. The number of carboxylic acids is 2. The van der Waals surface area contributed by atoms with Gasteiger partial charge in [0.05, 0.1) is 0 Å². The molecule has 2 aromatic carbocycles. The second-order valence-corrected chi connectivity index (χ2v) is 9.90. The lowest BCUT2D eigenvalue weighted by Gasteiger charge is -2.39. The number of hydrogen-bond acceptors (Lipinski definition) is 5. The molecule has 2 heterocycles. The van der Waals surface area contributed by atoms with E-state index in [4.69, 9.17) is 10.2 Å². The second kappa shape index (κ2) is 10.5. The molecule has 0 aromatic heterocycles. The van der Waals surface area contributed by atoms with Crippen LogP contribution < -0.4 is 0 Å². The van der Waals surface area contributed by atoms with Gasteiger partial charge in [-0.3, -0.25) is 4.90 Å². The highest BCUT2D eigenvalue weighted by Gasteiger charge is 2.35. The van der Waals surface area contributed by atoms with Gasteiger partial charge in [-0.25, -0.2) is 9.59 Å². The van der Waals surface area contributed by atoms with Gasteiger partial charge in [0.2, 0.25) is 0 Å². The number of hydrogen-bond donors (Lipinski definition) is 2. The van der Waals surface area contributed by atoms with Gasteiger partial charge >= 0.3 is 11.9 Å². The molecule has 33 heavy (non-hydrogen) atoms. The minimum absolute atomic E-state index is 0.539. The second-order valence-electron chi connectivity index (χ2n) is 8.81. The van der Waals surface area contributed by atoms with Crippen molar-refractivity contribution in [1.82, 2.24) is 9.80 Å². The Kier molecular flexibility index (Phi) is 7.53. The molecule has 174 valence electrons. The van der Waals surface area contributed by atoms with Crippen LogP contribution in [0.15, 0.2) is 64.4 Å². The van der Waals surface area contributed by atoms with Crippen molar-refractivity contribution in [3.05, 3.63) is 71.3 Å². The lowest BCUT2D eigenvalue weighted by Crippen LogP contribution is -2.46. The zero-order valence-corrected chi connectivity index (χ0v) is 19.6. The predicted molar refractivity (Wildman–Crippen MR) is 129 cm³/mol. The average molecular weight is 467 g/mol. The van der Waals surface area contributed by atoms with Crippen molar-refractivity contribution >= 4 is 23.7 Å². The topological polar surface area (TPSA) is 81.1 Å². The first kappa shape index (κ1) is 23.5. The van der Waals surface area contributed by atoms with Gasteiger partial charge in [0.1, 0.15) is 0 Å². The van der Waals surface area contributed by atoms with E-state index >= 15 is 0 Å². The van der Waals surface area contributed by atoms with Crippen molar-refractivity contribution in [2.24, 2.45) is 0 Å². The van der Waals surface area contributed by atoms with E-state index in [0.717, 1.165) is 12.3 Å². The van der Waals surface area contributed by atoms with Crippen molar-refractivity contribution in [1.29, 1.82) is 0 Å². The van der Waals surface area contributed by atoms with Crippen molar-refractivity contribution in [2.45, 2.75) is 41.0 Å². The number of likely N-dealkylation sites (N-methyl/N-ethyl adjacent to an activating group) is 1. The molecule has 0 bridgehead atoms. The van der Waals surface area contributed by atoms with Gasteiger partial charge in [0.25, 0.3) is 0 Å². The van der Waals surface area contributed by atoms with Crippen molar-refractivity contribution < 1.29 is 19.8 Å². The fourth-order valence-electron chi connectivity index (χ4n) is 4.55. The Labute approximate surface area is 198 Å². The molecule has 5 rings (SSSR count). The first-order valence-corrected chi connectivity index (χ1v) is 12.2. The van der Waals surface area contributed by atoms with E-state index < -0.39 is 11.9 Å². The summed E-state index contributed by atoms with van der Waals surface area (Å²) in [4.78, 5) is 27.3. The van der Waals surface area contributed by atoms with Crippen LogP contribution in [-0.4, -0.2) is 65.2 Å². The van der Waals surface area contributed by atoms with Crippen LogP contribution in [0.3, 0.4) is 0 Å². The molecular weight excluding hydrogens is 436 g/mol. The summed E-state index contributed by atoms with van der Waals surface area (Å²) < 4.78 is 0. The number of benzene rings is 2. The van der Waals surface area contributed by atoms with E-state index in [1.165, 1.54) is 54.4 Å². The van der Waals surface area contributed by atoms with E-state index in [2.05, 4.69) is 59.3 Å². The normalized spacial score (nSPS) is 20.8.